The Morgan fingerprint density at radius 2 is 1.92 bits per heavy atom. The third-order valence-electron chi connectivity index (χ3n) is 4.74. The highest BCUT2D eigenvalue weighted by Gasteiger charge is 2.38. The summed E-state index contributed by atoms with van der Waals surface area (Å²) in [6, 6.07) is 7.64. The zero-order valence-corrected chi connectivity index (χ0v) is 16.3. The largest absolute Gasteiger partial charge is 0.308 e. The van der Waals surface area contributed by atoms with Gasteiger partial charge in [0.05, 0.1) is 23.6 Å². The quantitative estimate of drug-likeness (QED) is 0.818. The van der Waals surface area contributed by atoms with Crippen molar-refractivity contribution in [3.8, 4) is 0 Å². The van der Waals surface area contributed by atoms with Crippen LogP contribution >= 0.6 is 0 Å². The van der Waals surface area contributed by atoms with Crippen LogP contribution in [0.2, 0.25) is 0 Å². The number of nitrogens with zero attached hydrogens (tertiary/aromatic N) is 4. The lowest BCUT2D eigenvalue weighted by Crippen LogP contribution is -2.36. The SMILES string of the molecule is Cc1nn(CCN(C)C)c(C)c1S(=O)(=O)N1c2ccccc2CC1C. The van der Waals surface area contributed by atoms with E-state index in [0.717, 1.165) is 24.2 Å². The minimum Gasteiger partial charge on any atom is -0.308 e. The number of hydrogen-bond acceptors (Lipinski definition) is 4. The maximum atomic E-state index is 13.5. The fourth-order valence-corrected chi connectivity index (χ4v) is 5.64. The van der Waals surface area contributed by atoms with Gasteiger partial charge >= 0.3 is 0 Å². The summed E-state index contributed by atoms with van der Waals surface area (Å²) in [5.41, 5.74) is 3.13. The van der Waals surface area contributed by atoms with Gasteiger partial charge in [0.1, 0.15) is 4.90 Å². The molecule has 0 spiro atoms. The van der Waals surface area contributed by atoms with E-state index in [4.69, 9.17) is 0 Å². The predicted molar refractivity (Wildman–Crippen MR) is 99.5 cm³/mol. The molecule has 1 unspecified atom stereocenters. The van der Waals surface area contributed by atoms with Crippen LogP contribution in [0.15, 0.2) is 29.2 Å². The third-order valence-corrected chi connectivity index (χ3v) is 6.92. The second-order valence-electron chi connectivity index (χ2n) is 7.01. The lowest BCUT2D eigenvalue weighted by Gasteiger charge is -2.24. The first kappa shape index (κ1) is 17.9. The number of rotatable bonds is 5. The van der Waals surface area contributed by atoms with Gasteiger partial charge in [-0.15, -0.1) is 0 Å². The molecule has 0 fully saturated rings. The van der Waals surface area contributed by atoms with Crippen molar-refractivity contribution in [1.82, 2.24) is 14.7 Å². The van der Waals surface area contributed by atoms with Crippen molar-refractivity contribution < 1.29 is 8.42 Å². The topological polar surface area (TPSA) is 58.4 Å². The van der Waals surface area contributed by atoms with Crippen molar-refractivity contribution in [2.45, 2.75) is 44.7 Å². The number of aryl methyl sites for hydroxylation is 1. The van der Waals surface area contributed by atoms with Gasteiger partial charge in [-0.1, -0.05) is 18.2 Å². The summed E-state index contributed by atoms with van der Waals surface area (Å²) in [6.07, 6.45) is 0.738. The first-order valence-corrected chi connectivity index (χ1v) is 9.98. The van der Waals surface area contributed by atoms with Crippen LogP contribution in [0.25, 0.3) is 0 Å². The molecule has 1 aromatic carbocycles. The van der Waals surface area contributed by atoms with Gasteiger partial charge in [-0.25, -0.2) is 8.42 Å². The van der Waals surface area contributed by atoms with Crippen LogP contribution in [-0.4, -0.2) is 49.8 Å². The van der Waals surface area contributed by atoms with Crippen molar-refractivity contribution in [3.05, 3.63) is 41.2 Å². The minimum absolute atomic E-state index is 0.0914. The molecule has 1 atom stereocenters. The molecule has 1 aromatic heterocycles. The molecule has 0 saturated heterocycles. The number of aromatic nitrogens is 2. The number of benzene rings is 1. The Kier molecular flexibility index (Phi) is 4.64. The van der Waals surface area contributed by atoms with Crippen LogP contribution in [0.5, 0.6) is 0 Å². The van der Waals surface area contributed by atoms with Crippen LogP contribution in [0.4, 0.5) is 5.69 Å². The van der Waals surface area contributed by atoms with E-state index in [0.29, 0.717) is 22.8 Å². The summed E-state index contributed by atoms with van der Waals surface area (Å²) in [5, 5.41) is 4.48. The first-order valence-electron chi connectivity index (χ1n) is 8.54. The molecule has 25 heavy (non-hydrogen) atoms. The highest BCUT2D eigenvalue weighted by atomic mass is 32.2. The standard InChI is InChI=1S/C18H26N4O2S/c1-13-12-16-8-6-7-9-17(16)22(13)25(23,24)18-14(2)19-21(15(18)3)11-10-20(4)5/h6-9,13H,10-12H2,1-5H3. The number of anilines is 1. The van der Waals surface area contributed by atoms with Gasteiger partial charge in [0.25, 0.3) is 10.0 Å². The Labute approximate surface area is 150 Å². The minimum atomic E-state index is -3.64. The summed E-state index contributed by atoms with van der Waals surface area (Å²) in [6.45, 7) is 7.05. The fraction of sp³-hybridized carbons (Fsp3) is 0.500. The number of para-hydroxylation sites is 1. The van der Waals surface area contributed by atoms with Crippen LogP contribution in [0.1, 0.15) is 23.9 Å². The van der Waals surface area contributed by atoms with E-state index in [-0.39, 0.29) is 6.04 Å². The van der Waals surface area contributed by atoms with E-state index in [2.05, 4.69) is 10.00 Å². The summed E-state index contributed by atoms with van der Waals surface area (Å²) in [5.74, 6) is 0. The maximum Gasteiger partial charge on any atom is 0.268 e. The van der Waals surface area contributed by atoms with Gasteiger partial charge in [-0.05, 0) is 52.9 Å². The van der Waals surface area contributed by atoms with Gasteiger partial charge in [-0.2, -0.15) is 5.10 Å². The van der Waals surface area contributed by atoms with Crippen LogP contribution in [0, 0.1) is 13.8 Å². The Bertz CT molecular complexity index is 886. The normalized spacial score (nSPS) is 17.4. The van der Waals surface area contributed by atoms with Crippen molar-refractivity contribution in [2.75, 3.05) is 24.9 Å². The molecule has 2 heterocycles. The van der Waals surface area contributed by atoms with E-state index in [9.17, 15) is 8.42 Å². The predicted octanol–water partition coefficient (Wildman–Crippen LogP) is 2.20. The molecule has 136 valence electrons. The number of fused-ring (bicyclic) bond motifs is 1. The van der Waals surface area contributed by atoms with Crippen molar-refractivity contribution >= 4 is 15.7 Å². The molecule has 0 aliphatic carbocycles. The summed E-state index contributed by atoms with van der Waals surface area (Å²) in [4.78, 5) is 2.40. The molecule has 7 heteroatoms. The molecule has 0 bridgehead atoms. The van der Waals surface area contributed by atoms with E-state index in [1.54, 1.807) is 15.9 Å². The molecule has 0 saturated carbocycles. The van der Waals surface area contributed by atoms with Crippen LogP contribution in [-0.2, 0) is 23.0 Å². The molecule has 3 rings (SSSR count). The van der Waals surface area contributed by atoms with Gasteiger partial charge < -0.3 is 4.90 Å². The van der Waals surface area contributed by atoms with Gasteiger partial charge in [0.2, 0.25) is 0 Å². The van der Waals surface area contributed by atoms with Gasteiger partial charge in [0, 0.05) is 12.6 Å². The zero-order valence-electron chi connectivity index (χ0n) is 15.5. The molecular weight excluding hydrogens is 336 g/mol. The number of hydrogen-bond donors (Lipinski definition) is 0. The van der Waals surface area contributed by atoms with E-state index < -0.39 is 10.0 Å². The zero-order chi connectivity index (χ0) is 18.4. The number of likely N-dealkylation sites (N-methyl/N-ethyl adjacent to an activating group) is 1. The van der Waals surface area contributed by atoms with Crippen molar-refractivity contribution in [3.63, 3.8) is 0 Å². The molecule has 6 nitrogen and oxygen atoms in total. The molecule has 0 radical (unpaired) electrons. The van der Waals surface area contributed by atoms with Crippen molar-refractivity contribution in [2.24, 2.45) is 0 Å². The average Bonchev–Trinajstić information content (AvgIpc) is 3.01. The summed E-state index contributed by atoms with van der Waals surface area (Å²) >= 11 is 0. The number of sulfonamides is 1. The van der Waals surface area contributed by atoms with Crippen LogP contribution < -0.4 is 4.31 Å². The average molecular weight is 362 g/mol. The Morgan fingerprint density at radius 3 is 2.60 bits per heavy atom. The molecule has 2 aromatic rings. The monoisotopic (exact) mass is 362 g/mol. The lowest BCUT2D eigenvalue weighted by atomic mass is 10.1. The molecule has 1 aliphatic heterocycles. The molecular formula is C18H26N4O2S. The smallest absolute Gasteiger partial charge is 0.268 e. The molecule has 1 aliphatic rings. The second-order valence-corrected chi connectivity index (χ2v) is 8.76. The van der Waals surface area contributed by atoms with Crippen molar-refractivity contribution in [1.29, 1.82) is 0 Å². The fourth-order valence-electron chi connectivity index (χ4n) is 3.57. The Balaban J connectivity index is 2.04. The summed E-state index contributed by atoms with van der Waals surface area (Å²) < 4.78 is 30.3. The highest BCUT2D eigenvalue weighted by molar-refractivity contribution is 7.93. The van der Waals surface area contributed by atoms with Crippen LogP contribution in [0.3, 0.4) is 0 Å². The second kappa shape index (κ2) is 6.46. The lowest BCUT2D eigenvalue weighted by molar-refractivity contribution is 0.370. The Hall–Kier alpha value is -1.86. The first-order chi connectivity index (χ1) is 11.7. The van der Waals surface area contributed by atoms with E-state index in [1.807, 2.05) is 52.2 Å². The van der Waals surface area contributed by atoms with Gasteiger partial charge in [0.15, 0.2) is 0 Å². The maximum absolute atomic E-state index is 13.5. The van der Waals surface area contributed by atoms with Gasteiger partial charge in [-0.3, -0.25) is 8.99 Å². The molecule has 0 N–H and O–H groups in total. The van der Waals surface area contributed by atoms with E-state index in [1.165, 1.54) is 0 Å². The molecule has 0 amide bonds. The summed E-state index contributed by atoms with van der Waals surface area (Å²) in [7, 11) is 0.341. The Morgan fingerprint density at radius 1 is 1.24 bits per heavy atom. The third kappa shape index (κ3) is 3.06. The van der Waals surface area contributed by atoms with E-state index >= 15 is 0 Å². The highest BCUT2D eigenvalue weighted by Crippen LogP contribution is 2.37.